The maximum Gasteiger partial charge on any atom is 0.303 e. The fourth-order valence-corrected chi connectivity index (χ4v) is 2.84. The molecular weight excluding hydrogens is 382 g/mol. The summed E-state index contributed by atoms with van der Waals surface area (Å²) in [6, 6.07) is 5.30. The second-order valence-corrected chi connectivity index (χ2v) is 6.90. The van der Waals surface area contributed by atoms with E-state index in [9.17, 15) is 4.79 Å². The molecule has 0 radical (unpaired) electrons. The predicted octanol–water partition coefficient (Wildman–Crippen LogP) is 5.37. The fraction of sp³-hybridized carbons (Fsp3) is 0.312. The van der Waals surface area contributed by atoms with Crippen LogP contribution in [0.15, 0.2) is 36.4 Å². The Balaban J connectivity index is 2.05. The highest BCUT2D eigenvalue weighted by molar-refractivity contribution is 6.42. The first-order valence-electron chi connectivity index (χ1n) is 6.87. The van der Waals surface area contributed by atoms with Crippen molar-refractivity contribution in [2.45, 2.75) is 23.3 Å². The quantitative estimate of drug-likeness (QED) is 0.520. The van der Waals surface area contributed by atoms with Crippen LogP contribution in [-0.2, 0) is 9.53 Å². The Morgan fingerprint density at radius 3 is 2.65 bits per heavy atom. The molecule has 0 bridgehead atoms. The SMILES string of the molecule is O=C(O)CCCOC1(Cl)C=CC(c2ccc(Cl)c(Cl)c2)=CC1Cl. The molecule has 0 saturated heterocycles. The fourth-order valence-electron chi connectivity index (χ4n) is 2.07. The van der Waals surface area contributed by atoms with Gasteiger partial charge in [-0.2, -0.15) is 0 Å². The van der Waals surface area contributed by atoms with Crippen molar-refractivity contribution in [1.82, 2.24) is 0 Å². The summed E-state index contributed by atoms with van der Waals surface area (Å²) in [5.74, 6) is -0.874. The van der Waals surface area contributed by atoms with Crippen molar-refractivity contribution in [3.8, 4) is 0 Å². The molecule has 2 unspecified atom stereocenters. The lowest BCUT2D eigenvalue weighted by Crippen LogP contribution is -2.35. The zero-order chi connectivity index (χ0) is 17.0. The topological polar surface area (TPSA) is 46.5 Å². The normalized spacial score (nSPS) is 23.7. The van der Waals surface area contributed by atoms with E-state index in [-0.39, 0.29) is 13.0 Å². The zero-order valence-corrected chi connectivity index (χ0v) is 15.0. The molecule has 3 nitrogen and oxygen atoms in total. The molecule has 0 aliphatic heterocycles. The maximum atomic E-state index is 10.5. The van der Waals surface area contributed by atoms with Crippen LogP contribution in [0.3, 0.4) is 0 Å². The third-order valence-corrected chi connectivity index (χ3v) is 5.07. The van der Waals surface area contributed by atoms with E-state index in [1.54, 1.807) is 30.4 Å². The molecule has 0 spiro atoms. The molecule has 0 fully saturated rings. The van der Waals surface area contributed by atoms with Gasteiger partial charge in [-0.05, 0) is 35.8 Å². The molecule has 0 heterocycles. The number of carbonyl (C=O) groups is 1. The van der Waals surface area contributed by atoms with Gasteiger partial charge in [0.15, 0.2) is 5.06 Å². The Hall–Kier alpha value is -0.710. The minimum atomic E-state index is -1.19. The van der Waals surface area contributed by atoms with E-state index in [1.165, 1.54) is 0 Å². The van der Waals surface area contributed by atoms with Crippen molar-refractivity contribution in [2.24, 2.45) is 0 Å². The van der Waals surface area contributed by atoms with E-state index in [1.807, 2.05) is 6.07 Å². The first-order chi connectivity index (χ1) is 10.8. The molecule has 1 aromatic carbocycles. The van der Waals surface area contributed by atoms with Gasteiger partial charge in [-0.15, -0.1) is 11.6 Å². The van der Waals surface area contributed by atoms with Crippen LogP contribution in [0.4, 0.5) is 0 Å². The van der Waals surface area contributed by atoms with Gasteiger partial charge in [-0.1, -0.05) is 53.0 Å². The van der Waals surface area contributed by atoms with Crippen molar-refractivity contribution in [1.29, 1.82) is 0 Å². The third kappa shape index (κ3) is 4.88. The number of carboxylic acids is 1. The minimum absolute atomic E-state index is 0.0218. The van der Waals surface area contributed by atoms with Crippen molar-refractivity contribution < 1.29 is 14.6 Å². The summed E-state index contributed by atoms with van der Waals surface area (Å²) in [6.07, 6.45) is 5.61. The van der Waals surface area contributed by atoms with E-state index < -0.39 is 16.4 Å². The van der Waals surface area contributed by atoms with Gasteiger partial charge < -0.3 is 9.84 Å². The van der Waals surface area contributed by atoms with Crippen molar-refractivity contribution in [3.05, 3.63) is 52.0 Å². The van der Waals surface area contributed by atoms with Gasteiger partial charge >= 0.3 is 5.97 Å². The standard InChI is InChI=1S/C16H14Cl4O3/c17-12-4-3-10(8-13(12)18)11-5-6-16(20,14(19)9-11)23-7-1-2-15(21)22/h3-6,8-9,14H,1-2,7H2,(H,21,22). The lowest BCUT2D eigenvalue weighted by molar-refractivity contribution is -0.137. The number of halogens is 4. The van der Waals surface area contributed by atoms with Crippen molar-refractivity contribution in [2.75, 3.05) is 6.61 Å². The number of ether oxygens (including phenoxy) is 1. The summed E-state index contributed by atoms with van der Waals surface area (Å²) in [4.78, 5) is 10.5. The van der Waals surface area contributed by atoms with Crippen molar-refractivity contribution in [3.63, 3.8) is 0 Å². The van der Waals surface area contributed by atoms with E-state index in [4.69, 9.17) is 56.2 Å². The molecule has 1 aliphatic rings. The van der Waals surface area contributed by atoms with Gasteiger partial charge in [0.2, 0.25) is 0 Å². The number of carboxylic acid groups (broad SMARTS) is 1. The molecular formula is C16H14Cl4O3. The number of aliphatic carboxylic acids is 1. The van der Waals surface area contributed by atoms with E-state index in [2.05, 4.69) is 0 Å². The molecule has 1 N–H and O–H groups in total. The number of hydrogen-bond donors (Lipinski definition) is 1. The van der Waals surface area contributed by atoms with Gasteiger partial charge in [0.25, 0.3) is 0 Å². The summed E-state index contributed by atoms with van der Waals surface area (Å²) in [5, 5.41) is 7.74. The molecule has 2 rings (SSSR count). The third-order valence-electron chi connectivity index (χ3n) is 3.30. The summed E-state index contributed by atoms with van der Waals surface area (Å²) in [6.45, 7) is 0.208. The summed E-state index contributed by atoms with van der Waals surface area (Å²) >= 11 is 24.6. The van der Waals surface area contributed by atoms with Crippen LogP contribution in [0.25, 0.3) is 5.57 Å². The van der Waals surface area contributed by atoms with Crippen LogP contribution < -0.4 is 0 Å². The summed E-state index contributed by atoms with van der Waals surface area (Å²) in [7, 11) is 0. The second kappa shape index (κ2) is 7.91. The van der Waals surface area contributed by atoms with Gasteiger partial charge in [-0.25, -0.2) is 0 Å². The number of benzene rings is 1. The smallest absolute Gasteiger partial charge is 0.303 e. The molecule has 0 saturated carbocycles. The van der Waals surface area contributed by atoms with Crippen LogP contribution in [0.1, 0.15) is 18.4 Å². The van der Waals surface area contributed by atoms with Crippen LogP contribution in [0, 0.1) is 0 Å². The molecule has 0 amide bonds. The Labute approximate surface area is 154 Å². The average Bonchev–Trinajstić information content (AvgIpc) is 2.49. The Kier molecular flexibility index (Phi) is 6.40. The number of rotatable bonds is 6. The summed E-state index contributed by atoms with van der Waals surface area (Å²) < 4.78 is 5.55. The molecule has 1 aliphatic carbocycles. The highest BCUT2D eigenvalue weighted by Gasteiger charge is 2.35. The van der Waals surface area contributed by atoms with Crippen LogP contribution >= 0.6 is 46.4 Å². The second-order valence-electron chi connectivity index (χ2n) is 5.03. The Bertz CT molecular complexity index is 657. The van der Waals surface area contributed by atoms with Crippen LogP contribution in [-0.4, -0.2) is 28.1 Å². The largest absolute Gasteiger partial charge is 0.481 e. The van der Waals surface area contributed by atoms with Gasteiger partial charge in [0.1, 0.15) is 0 Å². The van der Waals surface area contributed by atoms with Gasteiger partial charge in [-0.3, -0.25) is 4.79 Å². The molecule has 1 aromatic rings. The van der Waals surface area contributed by atoms with E-state index in [0.29, 0.717) is 16.5 Å². The number of hydrogen-bond acceptors (Lipinski definition) is 2. The number of alkyl halides is 2. The number of allylic oxidation sites excluding steroid dienone is 2. The first-order valence-corrected chi connectivity index (χ1v) is 8.44. The van der Waals surface area contributed by atoms with Crippen LogP contribution in [0.5, 0.6) is 0 Å². The monoisotopic (exact) mass is 394 g/mol. The highest BCUT2D eigenvalue weighted by atomic mass is 35.5. The van der Waals surface area contributed by atoms with Gasteiger partial charge in [0, 0.05) is 13.0 Å². The highest BCUT2D eigenvalue weighted by Crippen LogP contribution is 2.37. The Morgan fingerprint density at radius 1 is 1.30 bits per heavy atom. The molecule has 124 valence electrons. The average molecular weight is 396 g/mol. The molecule has 0 aromatic heterocycles. The van der Waals surface area contributed by atoms with Crippen molar-refractivity contribution >= 4 is 57.9 Å². The first kappa shape index (κ1) is 18.6. The van der Waals surface area contributed by atoms with Crippen LogP contribution in [0.2, 0.25) is 10.0 Å². The lowest BCUT2D eigenvalue weighted by Gasteiger charge is -2.30. The Morgan fingerprint density at radius 2 is 2.04 bits per heavy atom. The van der Waals surface area contributed by atoms with Gasteiger partial charge in [0.05, 0.1) is 15.4 Å². The molecule has 2 atom stereocenters. The minimum Gasteiger partial charge on any atom is -0.481 e. The lowest BCUT2D eigenvalue weighted by atomic mass is 9.97. The van der Waals surface area contributed by atoms with E-state index >= 15 is 0 Å². The predicted molar refractivity (Wildman–Crippen MR) is 94.6 cm³/mol. The molecule has 23 heavy (non-hydrogen) atoms. The van der Waals surface area contributed by atoms with E-state index in [0.717, 1.165) is 11.1 Å². The molecule has 7 heteroatoms. The summed E-state index contributed by atoms with van der Waals surface area (Å²) in [5.41, 5.74) is 1.72. The maximum absolute atomic E-state index is 10.5. The zero-order valence-electron chi connectivity index (χ0n) is 11.9.